The van der Waals surface area contributed by atoms with Crippen molar-refractivity contribution < 1.29 is 14.3 Å². The Bertz CT molecular complexity index is 914. The minimum Gasteiger partial charge on any atom is -0.476 e. The third-order valence-electron chi connectivity index (χ3n) is 6.23. The van der Waals surface area contributed by atoms with Gasteiger partial charge in [-0.3, -0.25) is 9.59 Å². The molecule has 1 saturated carbocycles. The van der Waals surface area contributed by atoms with Crippen molar-refractivity contribution in [1.29, 1.82) is 0 Å². The molecule has 1 unspecified atom stereocenters. The Morgan fingerprint density at radius 1 is 1.17 bits per heavy atom. The molecule has 0 aromatic carbocycles. The summed E-state index contributed by atoms with van der Waals surface area (Å²) in [6, 6.07) is 3.49. The fourth-order valence-corrected chi connectivity index (χ4v) is 4.27. The SMILES string of the molecule is O=C1CCCC(C(=O)N2CCC(COc3ccc4nc(C5CC5)cn4n3)CC2)N1. The zero-order valence-corrected chi connectivity index (χ0v) is 16.5. The Morgan fingerprint density at radius 2 is 2.00 bits per heavy atom. The molecule has 1 N–H and O–H groups in total. The molecule has 154 valence electrons. The van der Waals surface area contributed by atoms with Crippen molar-refractivity contribution >= 4 is 17.5 Å². The van der Waals surface area contributed by atoms with E-state index in [-0.39, 0.29) is 17.9 Å². The summed E-state index contributed by atoms with van der Waals surface area (Å²) in [6.45, 7) is 2.04. The van der Waals surface area contributed by atoms with Crippen LogP contribution in [0.5, 0.6) is 5.88 Å². The molecule has 1 atom stereocenters. The number of aromatic nitrogens is 3. The quantitative estimate of drug-likeness (QED) is 0.832. The topological polar surface area (TPSA) is 88.8 Å². The standard InChI is InChI=1S/C21H27N5O3/c27-19-3-1-2-16(23-19)21(28)25-10-8-14(9-11-25)13-29-20-7-6-18-22-17(15-4-5-15)12-26(18)24-20/h6-7,12,14-16H,1-5,8-11,13H2,(H,23,27). The first-order valence-corrected chi connectivity index (χ1v) is 10.7. The van der Waals surface area contributed by atoms with E-state index in [0.29, 0.717) is 30.7 Å². The summed E-state index contributed by atoms with van der Waals surface area (Å²) in [5.74, 6) is 1.68. The van der Waals surface area contributed by atoms with Crippen molar-refractivity contribution in [3.8, 4) is 5.88 Å². The number of nitrogens with zero attached hydrogens (tertiary/aromatic N) is 4. The van der Waals surface area contributed by atoms with Crippen LogP contribution in [-0.2, 0) is 9.59 Å². The van der Waals surface area contributed by atoms with Gasteiger partial charge in [0.25, 0.3) is 0 Å². The van der Waals surface area contributed by atoms with Crippen LogP contribution in [0.1, 0.15) is 56.6 Å². The van der Waals surface area contributed by atoms with E-state index in [1.807, 2.05) is 27.7 Å². The number of carbonyl (C=O) groups excluding carboxylic acids is 2. The van der Waals surface area contributed by atoms with E-state index in [4.69, 9.17) is 4.74 Å². The molecule has 8 heteroatoms. The summed E-state index contributed by atoms with van der Waals surface area (Å²) >= 11 is 0. The highest BCUT2D eigenvalue weighted by Crippen LogP contribution is 2.39. The number of piperidine rings is 2. The maximum Gasteiger partial charge on any atom is 0.245 e. The first-order chi connectivity index (χ1) is 14.2. The van der Waals surface area contributed by atoms with Gasteiger partial charge in [-0.1, -0.05) is 0 Å². The highest BCUT2D eigenvalue weighted by Gasteiger charge is 2.31. The van der Waals surface area contributed by atoms with Crippen molar-refractivity contribution in [2.45, 2.75) is 56.9 Å². The van der Waals surface area contributed by atoms with Gasteiger partial charge in [0.1, 0.15) is 6.04 Å². The highest BCUT2D eigenvalue weighted by molar-refractivity contribution is 5.88. The van der Waals surface area contributed by atoms with E-state index in [1.54, 1.807) is 0 Å². The van der Waals surface area contributed by atoms with Crippen LogP contribution in [0.4, 0.5) is 0 Å². The lowest BCUT2D eigenvalue weighted by Crippen LogP contribution is -2.52. The summed E-state index contributed by atoms with van der Waals surface area (Å²) in [5.41, 5.74) is 1.99. The van der Waals surface area contributed by atoms with Crippen LogP contribution < -0.4 is 10.1 Å². The third kappa shape index (κ3) is 4.06. The molecule has 0 bridgehead atoms. The Morgan fingerprint density at radius 3 is 2.76 bits per heavy atom. The van der Waals surface area contributed by atoms with Crippen LogP contribution in [0.25, 0.3) is 5.65 Å². The van der Waals surface area contributed by atoms with Gasteiger partial charge in [-0.2, -0.15) is 0 Å². The third-order valence-corrected chi connectivity index (χ3v) is 6.23. The van der Waals surface area contributed by atoms with Crippen LogP contribution in [0.3, 0.4) is 0 Å². The van der Waals surface area contributed by atoms with Crippen LogP contribution in [0.15, 0.2) is 18.3 Å². The number of likely N-dealkylation sites (tertiary alicyclic amines) is 1. The number of fused-ring (bicyclic) bond motifs is 1. The summed E-state index contributed by atoms with van der Waals surface area (Å²) in [7, 11) is 0. The van der Waals surface area contributed by atoms with Gasteiger partial charge in [0.15, 0.2) is 5.65 Å². The van der Waals surface area contributed by atoms with Gasteiger partial charge >= 0.3 is 0 Å². The van der Waals surface area contributed by atoms with Crippen molar-refractivity contribution in [2.75, 3.05) is 19.7 Å². The average Bonchev–Trinajstić information content (AvgIpc) is 3.51. The van der Waals surface area contributed by atoms with Gasteiger partial charge < -0.3 is 15.0 Å². The number of amides is 2. The van der Waals surface area contributed by atoms with Gasteiger partial charge in [-0.25, -0.2) is 9.50 Å². The molecule has 3 fully saturated rings. The van der Waals surface area contributed by atoms with E-state index >= 15 is 0 Å². The normalized spacial score (nSPS) is 23.2. The van der Waals surface area contributed by atoms with Crippen LogP contribution in [0.2, 0.25) is 0 Å². The molecule has 0 radical (unpaired) electrons. The smallest absolute Gasteiger partial charge is 0.245 e. The highest BCUT2D eigenvalue weighted by atomic mass is 16.5. The molecule has 29 heavy (non-hydrogen) atoms. The average molecular weight is 397 g/mol. The molecule has 3 aliphatic rings. The van der Waals surface area contributed by atoms with Crippen LogP contribution >= 0.6 is 0 Å². The number of hydrogen-bond donors (Lipinski definition) is 1. The predicted molar refractivity (Wildman–Crippen MR) is 106 cm³/mol. The second-order valence-electron chi connectivity index (χ2n) is 8.51. The molecule has 5 rings (SSSR count). The molecule has 4 heterocycles. The van der Waals surface area contributed by atoms with E-state index in [2.05, 4.69) is 15.4 Å². The molecule has 2 saturated heterocycles. The first kappa shape index (κ1) is 18.4. The number of rotatable bonds is 5. The Hall–Kier alpha value is -2.64. The first-order valence-electron chi connectivity index (χ1n) is 10.7. The lowest BCUT2D eigenvalue weighted by molar-refractivity contribution is -0.139. The Balaban J connectivity index is 1.11. The molecular weight excluding hydrogens is 370 g/mol. The molecular formula is C21H27N5O3. The second-order valence-corrected chi connectivity index (χ2v) is 8.51. The molecule has 2 aromatic rings. The largest absolute Gasteiger partial charge is 0.476 e. The van der Waals surface area contributed by atoms with E-state index < -0.39 is 0 Å². The van der Waals surface area contributed by atoms with Gasteiger partial charge in [-0.15, -0.1) is 5.10 Å². The van der Waals surface area contributed by atoms with E-state index in [1.165, 1.54) is 12.8 Å². The summed E-state index contributed by atoms with van der Waals surface area (Å²) in [5, 5.41) is 7.36. The van der Waals surface area contributed by atoms with Crippen molar-refractivity contribution in [2.24, 2.45) is 5.92 Å². The zero-order valence-electron chi connectivity index (χ0n) is 16.5. The number of nitrogens with one attached hydrogen (secondary N) is 1. The predicted octanol–water partition coefficient (Wildman–Crippen LogP) is 1.89. The van der Waals surface area contributed by atoms with Crippen LogP contribution in [-0.4, -0.2) is 57.1 Å². The van der Waals surface area contributed by atoms with Crippen molar-refractivity contribution in [1.82, 2.24) is 24.8 Å². The van der Waals surface area contributed by atoms with Crippen LogP contribution in [0, 0.1) is 5.92 Å². The lowest BCUT2D eigenvalue weighted by Gasteiger charge is -2.35. The number of carbonyl (C=O) groups is 2. The fourth-order valence-electron chi connectivity index (χ4n) is 4.27. The number of ether oxygens (including phenoxy) is 1. The molecule has 2 aromatic heterocycles. The fraction of sp³-hybridized carbons (Fsp3) is 0.619. The maximum absolute atomic E-state index is 12.6. The molecule has 2 aliphatic heterocycles. The monoisotopic (exact) mass is 397 g/mol. The molecule has 2 amide bonds. The minimum atomic E-state index is -0.337. The van der Waals surface area contributed by atoms with Crippen molar-refractivity contribution in [3.05, 3.63) is 24.0 Å². The molecule has 0 spiro atoms. The Labute approximate surface area is 169 Å². The molecule has 8 nitrogen and oxygen atoms in total. The van der Waals surface area contributed by atoms with Gasteiger partial charge in [0, 0.05) is 31.5 Å². The Kier molecular flexibility index (Phi) is 4.85. The summed E-state index contributed by atoms with van der Waals surface area (Å²) < 4.78 is 7.75. The van der Waals surface area contributed by atoms with Gasteiger partial charge in [-0.05, 0) is 50.5 Å². The van der Waals surface area contributed by atoms with E-state index in [0.717, 1.165) is 50.1 Å². The zero-order chi connectivity index (χ0) is 19.8. The van der Waals surface area contributed by atoms with Gasteiger partial charge in [0.05, 0.1) is 18.5 Å². The van der Waals surface area contributed by atoms with E-state index in [9.17, 15) is 9.59 Å². The summed E-state index contributed by atoms with van der Waals surface area (Å²) in [6.07, 6.45) is 8.35. The van der Waals surface area contributed by atoms with Gasteiger partial charge in [0.2, 0.25) is 17.7 Å². The minimum absolute atomic E-state index is 0.00972. The number of imidazole rings is 1. The summed E-state index contributed by atoms with van der Waals surface area (Å²) in [4.78, 5) is 30.7. The maximum atomic E-state index is 12.6. The molecule has 1 aliphatic carbocycles. The second kappa shape index (κ2) is 7.65. The number of hydrogen-bond acceptors (Lipinski definition) is 5. The lowest BCUT2D eigenvalue weighted by atomic mass is 9.96. The van der Waals surface area contributed by atoms with Crippen molar-refractivity contribution in [3.63, 3.8) is 0 Å².